The van der Waals surface area contributed by atoms with Gasteiger partial charge in [0, 0.05) is 12.1 Å². The lowest BCUT2D eigenvalue weighted by Gasteiger charge is -2.29. The second-order valence-electron chi connectivity index (χ2n) is 4.74. The van der Waals surface area contributed by atoms with E-state index >= 15 is 0 Å². The van der Waals surface area contributed by atoms with Crippen molar-refractivity contribution < 1.29 is 0 Å². The molecule has 0 aromatic rings. The summed E-state index contributed by atoms with van der Waals surface area (Å²) in [6, 6.07) is 0. The first-order valence-electron chi connectivity index (χ1n) is 6.10. The fraction of sp³-hybridized carbons (Fsp3) is 0.846. The summed E-state index contributed by atoms with van der Waals surface area (Å²) < 4.78 is 0. The molecule has 0 radical (unpaired) electrons. The molecule has 0 aromatic heterocycles. The van der Waals surface area contributed by atoms with Crippen LogP contribution >= 0.6 is 0 Å². The van der Waals surface area contributed by atoms with Crippen molar-refractivity contribution in [3.05, 3.63) is 12.2 Å². The van der Waals surface area contributed by atoms with Gasteiger partial charge < -0.3 is 0 Å². The second kappa shape index (κ2) is 4.97. The van der Waals surface area contributed by atoms with Gasteiger partial charge in [-0.15, -0.1) is 0 Å². The van der Waals surface area contributed by atoms with E-state index in [9.17, 15) is 0 Å². The van der Waals surface area contributed by atoms with Crippen molar-refractivity contribution >= 4 is 0 Å². The summed E-state index contributed by atoms with van der Waals surface area (Å²) in [7, 11) is 0. The van der Waals surface area contributed by atoms with Crippen molar-refractivity contribution in [1.29, 1.82) is 0 Å². The molecule has 2 aliphatic heterocycles. The Morgan fingerprint density at radius 2 is 2.00 bits per heavy atom. The summed E-state index contributed by atoms with van der Waals surface area (Å²) in [5.41, 5.74) is 2.00. The first-order valence-corrected chi connectivity index (χ1v) is 6.10. The lowest BCUT2D eigenvalue weighted by atomic mass is 9.90. The molecule has 0 N–H and O–H groups in total. The molecule has 2 aliphatic rings. The molecule has 2 rings (SSSR count). The number of hydrogen-bond donors (Lipinski definition) is 0. The Labute approximate surface area is 89.2 Å². The molecule has 14 heavy (non-hydrogen) atoms. The van der Waals surface area contributed by atoms with Crippen LogP contribution in [-0.2, 0) is 0 Å². The number of nitrogens with zero attached hydrogens (tertiary/aromatic N) is 1. The minimum atomic E-state index is 0.553. The summed E-state index contributed by atoms with van der Waals surface area (Å²) in [5.74, 6) is 0. The van der Waals surface area contributed by atoms with Gasteiger partial charge in [-0.25, -0.2) is 0 Å². The zero-order valence-electron chi connectivity index (χ0n) is 10.1. The van der Waals surface area contributed by atoms with E-state index in [0.29, 0.717) is 5.54 Å². The predicted molar refractivity (Wildman–Crippen MR) is 63.6 cm³/mol. The fourth-order valence-corrected chi connectivity index (χ4v) is 2.76. The van der Waals surface area contributed by atoms with Crippen LogP contribution in [0.1, 0.15) is 52.9 Å². The molecule has 1 unspecified atom stereocenters. The van der Waals surface area contributed by atoms with E-state index in [-0.39, 0.29) is 0 Å². The molecule has 2 heterocycles. The molecule has 0 spiro atoms. The van der Waals surface area contributed by atoms with Gasteiger partial charge in [-0.2, -0.15) is 0 Å². The average Bonchev–Trinajstić information content (AvgIpc) is 2.61. The number of rotatable bonds is 1. The highest BCUT2D eigenvalue weighted by Crippen LogP contribution is 2.42. The topological polar surface area (TPSA) is 3.24 Å². The summed E-state index contributed by atoms with van der Waals surface area (Å²) in [6.07, 6.45) is 6.64. The van der Waals surface area contributed by atoms with Crippen molar-refractivity contribution in [2.75, 3.05) is 13.1 Å². The van der Waals surface area contributed by atoms with E-state index in [1.165, 1.54) is 50.8 Å². The molecule has 0 amide bonds. The minimum absolute atomic E-state index is 0.553. The van der Waals surface area contributed by atoms with Crippen LogP contribution in [-0.4, -0.2) is 23.5 Å². The molecule has 1 nitrogen and oxygen atoms in total. The minimum Gasteiger partial charge on any atom is -0.293 e. The van der Waals surface area contributed by atoms with Crippen LogP contribution in [0.2, 0.25) is 0 Å². The predicted octanol–water partition coefficient (Wildman–Crippen LogP) is 3.61. The zero-order valence-corrected chi connectivity index (χ0v) is 10.1. The van der Waals surface area contributed by atoms with Gasteiger partial charge in [-0.05, 0) is 32.2 Å². The van der Waals surface area contributed by atoms with Crippen molar-refractivity contribution in [1.82, 2.24) is 4.90 Å². The Morgan fingerprint density at radius 3 is 2.50 bits per heavy atom. The van der Waals surface area contributed by atoms with Crippen LogP contribution in [0.4, 0.5) is 0 Å². The quantitative estimate of drug-likeness (QED) is 0.578. The SMILES string of the molecule is C=C1CN2CCCC2(CC)C1.CCC. The Kier molecular flexibility index (Phi) is 4.18. The van der Waals surface area contributed by atoms with Gasteiger partial charge >= 0.3 is 0 Å². The number of hydrogen-bond acceptors (Lipinski definition) is 1. The normalized spacial score (nSPS) is 31.2. The fourth-order valence-electron chi connectivity index (χ4n) is 2.76. The third kappa shape index (κ3) is 2.20. The van der Waals surface area contributed by atoms with Crippen LogP contribution in [0, 0.1) is 0 Å². The molecule has 1 atom stereocenters. The highest BCUT2D eigenvalue weighted by Gasteiger charge is 2.43. The van der Waals surface area contributed by atoms with E-state index in [1.54, 1.807) is 0 Å². The maximum atomic E-state index is 4.09. The Balaban J connectivity index is 0.000000293. The van der Waals surface area contributed by atoms with Gasteiger partial charge in [0.2, 0.25) is 0 Å². The average molecular weight is 195 g/mol. The maximum Gasteiger partial charge on any atom is 0.0248 e. The summed E-state index contributed by atoms with van der Waals surface area (Å²) >= 11 is 0. The van der Waals surface area contributed by atoms with E-state index < -0.39 is 0 Å². The smallest absolute Gasteiger partial charge is 0.0248 e. The van der Waals surface area contributed by atoms with Crippen LogP contribution in [0.3, 0.4) is 0 Å². The molecule has 82 valence electrons. The highest BCUT2D eigenvalue weighted by atomic mass is 15.2. The molecular weight excluding hydrogens is 170 g/mol. The van der Waals surface area contributed by atoms with E-state index in [4.69, 9.17) is 0 Å². The first kappa shape index (κ1) is 11.8. The van der Waals surface area contributed by atoms with Gasteiger partial charge in [-0.3, -0.25) is 4.90 Å². The summed E-state index contributed by atoms with van der Waals surface area (Å²) in [4.78, 5) is 2.63. The van der Waals surface area contributed by atoms with Crippen molar-refractivity contribution in [2.45, 2.75) is 58.4 Å². The largest absolute Gasteiger partial charge is 0.293 e. The third-order valence-corrected chi connectivity index (χ3v) is 3.39. The molecular formula is C13H25N. The standard InChI is InChI=1S/C10H17N.C3H8/c1-3-10-5-4-6-11(10)8-9(2)7-10;1-3-2/h2-8H2,1H3;3H2,1-2H3. The van der Waals surface area contributed by atoms with Crippen molar-refractivity contribution in [3.8, 4) is 0 Å². The molecule has 2 fully saturated rings. The van der Waals surface area contributed by atoms with Gasteiger partial charge in [0.25, 0.3) is 0 Å². The Bertz CT molecular complexity index is 197. The van der Waals surface area contributed by atoms with Gasteiger partial charge in [-0.1, -0.05) is 39.3 Å². The van der Waals surface area contributed by atoms with Crippen molar-refractivity contribution in [2.24, 2.45) is 0 Å². The Hall–Kier alpha value is -0.300. The van der Waals surface area contributed by atoms with Crippen LogP contribution in [0.25, 0.3) is 0 Å². The lowest BCUT2D eigenvalue weighted by molar-refractivity contribution is 0.189. The van der Waals surface area contributed by atoms with Gasteiger partial charge in [0.15, 0.2) is 0 Å². The van der Waals surface area contributed by atoms with Crippen LogP contribution < -0.4 is 0 Å². The summed E-state index contributed by atoms with van der Waals surface area (Å²) in [5, 5.41) is 0. The molecule has 1 heteroatoms. The van der Waals surface area contributed by atoms with E-state index in [1.807, 2.05) is 0 Å². The highest BCUT2D eigenvalue weighted by molar-refractivity contribution is 5.16. The van der Waals surface area contributed by atoms with E-state index in [0.717, 1.165) is 0 Å². The molecule has 0 aliphatic carbocycles. The molecule has 0 saturated carbocycles. The molecule has 2 saturated heterocycles. The van der Waals surface area contributed by atoms with Crippen LogP contribution in [0.15, 0.2) is 12.2 Å². The molecule has 0 aromatic carbocycles. The monoisotopic (exact) mass is 195 g/mol. The lowest BCUT2D eigenvalue weighted by Crippen LogP contribution is -2.37. The zero-order chi connectivity index (χ0) is 10.6. The van der Waals surface area contributed by atoms with E-state index in [2.05, 4.69) is 32.3 Å². The van der Waals surface area contributed by atoms with Crippen LogP contribution in [0.5, 0.6) is 0 Å². The first-order chi connectivity index (χ1) is 6.68. The number of fused-ring (bicyclic) bond motifs is 1. The second-order valence-corrected chi connectivity index (χ2v) is 4.74. The van der Waals surface area contributed by atoms with Gasteiger partial charge in [0.1, 0.15) is 0 Å². The van der Waals surface area contributed by atoms with Gasteiger partial charge in [0.05, 0.1) is 0 Å². The maximum absolute atomic E-state index is 4.09. The van der Waals surface area contributed by atoms with Crippen molar-refractivity contribution in [3.63, 3.8) is 0 Å². The molecule has 0 bridgehead atoms. The summed E-state index contributed by atoms with van der Waals surface area (Å²) in [6.45, 7) is 13.1. The Morgan fingerprint density at radius 1 is 1.36 bits per heavy atom. The third-order valence-electron chi connectivity index (χ3n) is 3.39.